The van der Waals surface area contributed by atoms with Gasteiger partial charge in [0, 0.05) is 6.20 Å². The molecule has 6 nitrogen and oxygen atoms in total. The van der Waals surface area contributed by atoms with Crippen molar-refractivity contribution < 1.29 is 19.4 Å². The lowest BCUT2D eigenvalue weighted by Crippen LogP contribution is -2.06. The quantitative estimate of drug-likeness (QED) is 0.427. The van der Waals surface area contributed by atoms with Gasteiger partial charge in [-0.15, -0.1) is 11.3 Å². The molecule has 7 heteroatoms. The summed E-state index contributed by atoms with van der Waals surface area (Å²) in [6.07, 6.45) is 1.42. The van der Waals surface area contributed by atoms with E-state index < -0.39 is 5.97 Å². The van der Waals surface area contributed by atoms with Gasteiger partial charge in [0.25, 0.3) is 0 Å². The van der Waals surface area contributed by atoms with Gasteiger partial charge in [-0.05, 0) is 24.3 Å². The second-order valence-corrected chi connectivity index (χ2v) is 6.27. The number of carbonyl (C=O) groups is 1. The van der Waals surface area contributed by atoms with E-state index in [0.29, 0.717) is 21.7 Å². The minimum absolute atomic E-state index is 0.0648. The topological polar surface area (TPSA) is 81.5 Å². The standard InChI is InChI=1S/C19H12N2O4S/c22-15-14-11-20-19(25-13-9-5-2-6-10-13)21-17(14)26-16(15)18(23)24-12-7-3-1-4-8-12/h1-11,22H. The van der Waals surface area contributed by atoms with Gasteiger partial charge >= 0.3 is 12.0 Å². The minimum Gasteiger partial charge on any atom is -0.505 e. The van der Waals surface area contributed by atoms with E-state index in [2.05, 4.69) is 9.97 Å². The maximum atomic E-state index is 12.3. The van der Waals surface area contributed by atoms with Gasteiger partial charge in [0.1, 0.15) is 16.3 Å². The summed E-state index contributed by atoms with van der Waals surface area (Å²) in [7, 11) is 0. The molecule has 0 unspecified atom stereocenters. The van der Waals surface area contributed by atoms with Crippen molar-refractivity contribution in [2.75, 3.05) is 0 Å². The molecule has 128 valence electrons. The number of aromatic nitrogens is 2. The molecule has 0 spiro atoms. The molecule has 2 aromatic heterocycles. The van der Waals surface area contributed by atoms with Gasteiger partial charge in [-0.2, -0.15) is 4.98 Å². The van der Waals surface area contributed by atoms with Crippen LogP contribution in [0.1, 0.15) is 9.67 Å². The van der Waals surface area contributed by atoms with Crippen LogP contribution in [0.5, 0.6) is 23.3 Å². The first kappa shape index (κ1) is 16.0. The number of carbonyl (C=O) groups excluding carboxylic acids is 1. The van der Waals surface area contributed by atoms with Gasteiger partial charge in [-0.25, -0.2) is 9.78 Å². The molecule has 4 aromatic rings. The molecule has 0 aliphatic heterocycles. The van der Waals surface area contributed by atoms with E-state index in [9.17, 15) is 9.90 Å². The second-order valence-electron chi connectivity index (χ2n) is 5.27. The van der Waals surface area contributed by atoms with Crippen LogP contribution in [-0.2, 0) is 0 Å². The Labute approximate surface area is 152 Å². The van der Waals surface area contributed by atoms with E-state index in [-0.39, 0.29) is 16.6 Å². The fourth-order valence-electron chi connectivity index (χ4n) is 2.28. The van der Waals surface area contributed by atoms with Crippen LogP contribution in [0.3, 0.4) is 0 Å². The first-order chi connectivity index (χ1) is 12.7. The van der Waals surface area contributed by atoms with Crippen LogP contribution in [0.2, 0.25) is 0 Å². The molecule has 4 rings (SSSR count). The Hall–Kier alpha value is -3.45. The van der Waals surface area contributed by atoms with Gasteiger partial charge in [-0.1, -0.05) is 36.4 Å². The molecule has 0 bridgehead atoms. The van der Waals surface area contributed by atoms with Crippen LogP contribution >= 0.6 is 11.3 Å². The fourth-order valence-corrected chi connectivity index (χ4v) is 3.19. The Morgan fingerprint density at radius 3 is 2.31 bits per heavy atom. The molecule has 0 saturated carbocycles. The lowest BCUT2D eigenvalue weighted by atomic mass is 10.3. The predicted octanol–water partition coefficient (Wildman–Crippen LogP) is 4.41. The van der Waals surface area contributed by atoms with Crippen molar-refractivity contribution in [2.45, 2.75) is 0 Å². The molecule has 0 fully saturated rings. The third-order valence-corrected chi connectivity index (χ3v) is 4.56. The van der Waals surface area contributed by atoms with Crippen molar-refractivity contribution in [3.8, 4) is 23.3 Å². The molecule has 0 aliphatic carbocycles. The SMILES string of the molecule is O=C(Oc1ccccc1)c1sc2nc(Oc3ccccc3)ncc2c1O. The van der Waals surface area contributed by atoms with Crippen LogP contribution in [-0.4, -0.2) is 21.0 Å². The van der Waals surface area contributed by atoms with Gasteiger partial charge in [0.15, 0.2) is 10.6 Å². The number of fused-ring (bicyclic) bond motifs is 1. The molecule has 26 heavy (non-hydrogen) atoms. The van der Waals surface area contributed by atoms with E-state index in [1.54, 1.807) is 36.4 Å². The Kier molecular flexibility index (Phi) is 4.20. The number of hydrogen-bond acceptors (Lipinski definition) is 7. The number of hydrogen-bond donors (Lipinski definition) is 1. The smallest absolute Gasteiger partial charge is 0.357 e. The largest absolute Gasteiger partial charge is 0.505 e. The van der Waals surface area contributed by atoms with Crippen LogP contribution in [0, 0.1) is 0 Å². The molecule has 0 amide bonds. The average molecular weight is 364 g/mol. The molecule has 0 aliphatic rings. The summed E-state index contributed by atoms with van der Waals surface area (Å²) in [4.78, 5) is 21.2. The number of para-hydroxylation sites is 2. The van der Waals surface area contributed by atoms with Gasteiger partial charge in [0.05, 0.1) is 5.39 Å². The van der Waals surface area contributed by atoms with E-state index in [1.165, 1.54) is 6.20 Å². The monoisotopic (exact) mass is 364 g/mol. The van der Waals surface area contributed by atoms with Crippen LogP contribution < -0.4 is 9.47 Å². The number of thiophene rings is 1. The number of aromatic hydroxyl groups is 1. The zero-order valence-electron chi connectivity index (χ0n) is 13.3. The summed E-state index contributed by atoms with van der Waals surface area (Å²) in [5.41, 5.74) is 0. The number of benzene rings is 2. The first-order valence-electron chi connectivity index (χ1n) is 7.69. The Morgan fingerprint density at radius 2 is 1.62 bits per heavy atom. The average Bonchev–Trinajstić information content (AvgIpc) is 3.00. The Morgan fingerprint density at radius 1 is 0.962 bits per heavy atom. The molecule has 0 atom stereocenters. The van der Waals surface area contributed by atoms with Crippen molar-refractivity contribution in [2.24, 2.45) is 0 Å². The third-order valence-electron chi connectivity index (χ3n) is 3.49. The molecule has 0 radical (unpaired) electrons. The van der Waals surface area contributed by atoms with E-state index in [4.69, 9.17) is 9.47 Å². The summed E-state index contributed by atoms with van der Waals surface area (Å²) in [5, 5.41) is 10.7. The fraction of sp³-hybridized carbons (Fsp3) is 0. The Bertz CT molecular complexity index is 1070. The van der Waals surface area contributed by atoms with Crippen LogP contribution in [0.15, 0.2) is 66.9 Å². The highest BCUT2D eigenvalue weighted by Gasteiger charge is 2.21. The summed E-state index contributed by atoms with van der Waals surface area (Å²) in [6.45, 7) is 0. The second kappa shape index (κ2) is 6.81. The van der Waals surface area contributed by atoms with E-state index in [1.807, 2.05) is 24.3 Å². The lowest BCUT2D eigenvalue weighted by molar-refractivity contribution is 0.0737. The summed E-state index contributed by atoms with van der Waals surface area (Å²) < 4.78 is 10.8. The normalized spacial score (nSPS) is 10.6. The highest BCUT2D eigenvalue weighted by atomic mass is 32.1. The Balaban J connectivity index is 1.62. The molecule has 2 heterocycles. The zero-order chi connectivity index (χ0) is 17.9. The van der Waals surface area contributed by atoms with Crippen molar-refractivity contribution >= 4 is 27.5 Å². The maximum absolute atomic E-state index is 12.3. The van der Waals surface area contributed by atoms with Crippen LogP contribution in [0.25, 0.3) is 10.2 Å². The van der Waals surface area contributed by atoms with Crippen molar-refractivity contribution in [3.63, 3.8) is 0 Å². The summed E-state index contributed by atoms with van der Waals surface area (Å²) in [5.74, 6) is 0.143. The lowest BCUT2D eigenvalue weighted by Gasteiger charge is -2.02. The molecule has 0 saturated heterocycles. The van der Waals surface area contributed by atoms with E-state index >= 15 is 0 Å². The highest BCUT2D eigenvalue weighted by molar-refractivity contribution is 7.20. The van der Waals surface area contributed by atoms with Crippen molar-refractivity contribution in [1.29, 1.82) is 0 Å². The van der Waals surface area contributed by atoms with Crippen molar-refractivity contribution in [3.05, 3.63) is 71.7 Å². The number of esters is 1. The molecule has 2 aromatic carbocycles. The predicted molar refractivity (Wildman–Crippen MR) is 97.0 cm³/mol. The molecular formula is C19H12N2O4S. The molecule has 1 N–H and O–H groups in total. The summed E-state index contributed by atoms with van der Waals surface area (Å²) in [6, 6.07) is 17.9. The van der Waals surface area contributed by atoms with Gasteiger partial charge < -0.3 is 14.6 Å². The van der Waals surface area contributed by atoms with Crippen molar-refractivity contribution in [1.82, 2.24) is 9.97 Å². The third kappa shape index (κ3) is 3.20. The number of nitrogens with zero attached hydrogens (tertiary/aromatic N) is 2. The van der Waals surface area contributed by atoms with Gasteiger partial charge in [-0.3, -0.25) is 0 Å². The van der Waals surface area contributed by atoms with Gasteiger partial charge in [0.2, 0.25) is 0 Å². The number of rotatable bonds is 4. The minimum atomic E-state index is -0.651. The number of ether oxygens (including phenoxy) is 2. The first-order valence-corrected chi connectivity index (χ1v) is 8.51. The van der Waals surface area contributed by atoms with Crippen LogP contribution in [0.4, 0.5) is 0 Å². The maximum Gasteiger partial charge on any atom is 0.357 e. The summed E-state index contributed by atoms with van der Waals surface area (Å²) >= 11 is 1.02. The zero-order valence-corrected chi connectivity index (χ0v) is 14.1. The highest BCUT2D eigenvalue weighted by Crippen LogP contribution is 2.37. The molecular weight excluding hydrogens is 352 g/mol. The van der Waals surface area contributed by atoms with E-state index in [0.717, 1.165) is 11.3 Å².